The molecule has 0 bridgehead atoms. The molecule has 5 N–H and O–H groups in total. The summed E-state index contributed by atoms with van der Waals surface area (Å²) in [4.78, 5) is 25.5. The molecule has 0 aromatic carbocycles. The summed E-state index contributed by atoms with van der Waals surface area (Å²) in [5.41, 5.74) is 0. The summed E-state index contributed by atoms with van der Waals surface area (Å²) in [5.74, 6) is -1.16. The molecule has 1 aliphatic heterocycles. The first-order valence-electron chi connectivity index (χ1n) is 15.7. The Morgan fingerprint density at radius 1 is 0.707 bits per heavy atom. The lowest BCUT2D eigenvalue weighted by molar-refractivity contribution is -0.311. The van der Waals surface area contributed by atoms with Crippen LogP contribution in [0.1, 0.15) is 117 Å². The predicted molar refractivity (Wildman–Crippen MR) is 152 cm³/mol. The highest BCUT2D eigenvalue weighted by atomic mass is 16.7. The molecule has 1 rings (SSSR count). The van der Waals surface area contributed by atoms with Gasteiger partial charge in [0.1, 0.15) is 24.4 Å². The Bertz CT molecular complexity index is 677. The van der Waals surface area contributed by atoms with E-state index in [1.807, 2.05) is 0 Å². The maximum Gasteiger partial charge on any atom is 0.306 e. The van der Waals surface area contributed by atoms with E-state index in [1.54, 1.807) is 0 Å². The lowest BCUT2D eigenvalue weighted by Crippen LogP contribution is -2.62. The first-order chi connectivity index (χ1) is 19.8. The number of carbonyl (C=O) groups is 2. The minimum absolute atomic E-state index is 0.112. The molecule has 11 nitrogen and oxygen atoms in total. The summed E-state index contributed by atoms with van der Waals surface area (Å²) in [7, 11) is 0. The molecule has 0 radical (unpaired) electrons. The first kappa shape index (κ1) is 37.7. The lowest BCUT2D eigenvalue weighted by Gasteiger charge is -2.43. The summed E-state index contributed by atoms with van der Waals surface area (Å²) in [6.45, 7) is 2.46. The van der Waals surface area contributed by atoms with Gasteiger partial charge in [-0.3, -0.25) is 9.59 Å². The Morgan fingerprint density at radius 2 is 1.17 bits per heavy atom. The fraction of sp³-hybridized carbons (Fsp3) is 0.933. The molecule has 11 heteroatoms. The van der Waals surface area contributed by atoms with E-state index in [4.69, 9.17) is 24.1 Å². The molecule has 0 aromatic rings. The molecular weight excluding hydrogens is 536 g/mol. The number of aliphatic hydroxyl groups excluding tert-OH is 5. The number of rotatable bonds is 24. The van der Waals surface area contributed by atoms with Crippen molar-refractivity contribution in [3.05, 3.63) is 0 Å². The van der Waals surface area contributed by atoms with Gasteiger partial charge in [0, 0.05) is 12.8 Å². The van der Waals surface area contributed by atoms with Crippen LogP contribution in [-0.2, 0) is 28.5 Å². The molecule has 0 amide bonds. The first-order valence-corrected chi connectivity index (χ1v) is 15.7. The molecule has 1 heterocycles. The van der Waals surface area contributed by atoms with Crippen LogP contribution in [0.4, 0.5) is 0 Å². The zero-order chi connectivity index (χ0) is 30.5. The molecule has 0 unspecified atom stereocenters. The average molecular weight is 593 g/mol. The Labute approximate surface area is 245 Å². The maximum atomic E-state index is 12.8. The van der Waals surface area contributed by atoms with Crippen molar-refractivity contribution in [3.8, 4) is 0 Å². The van der Waals surface area contributed by atoms with E-state index in [-0.39, 0.29) is 12.8 Å². The van der Waals surface area contributed by atoms with E-state index < -0.39 is 74.7 Å². The van der Waals surface area contributed by atoms with Crippen LogP contribution in [0.25, 0.3) is 0 Å². The van der Waals surface area contributed by atoms with Crippen molar-refractivity contribution in [1.82, 2.24) is 0 Å². The SMILES string of the molecule is CCCCCCCCCC(=O)O[C@@H]1[C@H](OC[C@@H](O)[C@@H](O)CO)O[C@H](CO)[C@@H](O)[C@@H]1OC(=O)CCCCCCCCC. The Morgan fingerprint density at radius 3 is 1.63 bits per heavy atom. The summed E-state index contributed by atoms with van der Waals surface area (Å²) in [6, 6.07) is 0. The molecule has 7 atom stereocenters. The summed E-state index contributed by atoms with van der Waals surface area (Å²) < 4.78 is 22.4. The second-order valence-electron chi connectivity index (χ2n) is 11.0. The van der Waals surface area contributed by atoms with Crippen LogP contribution in [-0.4, -0.2) is 100 Å². The molecule has 1 saturated heterocycles. The van der Waals surface area contributed by atoms with Crippen LogP contribution >= 0.6 is 0 Å². The smallest absolute Gasteiger partial charge is 0.306 e. The number of aliphatic hydroxyl groups is 5. The second kappa shape index (κ2) is 23.2. The van der Waals surface area contributed by atoms with Gasteiger partial charge in [-0.2, -0.15) is 0 Å². The van der Waals surface area contributed by atoms with Crippen LogP contribution in [0.3, 0.4) is 0 Å². The van der Waals surface area contributed by atoms with Crippen LogP contribution < -0.4 is 0 Å². The molecule has 0 spiro atoms. The minimum Gasteiger partial charge on any atom is -0.455 e. The third kappa shape index (κ3) is 15.6. The van der Waals surface area contributed by atoms with Gasteiger partial charge in [-0.15, -0.1) is 0 Å². The van der Waals surface area contributed by atoms with Gasteiger partial charge in [0.25, 0.3) is 0 Å². The Balaban J connectivity index is 2.84. The zero-order valence-electron chi connectivity index (χ0n) is 25.2. The van der Waals surface area contributed by atoms with Crippen molar-refractivity contribution in [3.63, 3.8) is 0 Å². The van der Waals surface area contributed by atoms with Gasteiger partial charge in [-0.05, 0) is 12.8 Å². The van der Waals surface area contributed by atoms with Crippen molar-refractivity contribution in [1.29, 1.82) is 0 Å². The van der Waals surface area contributed by atoms with Crippen molar-refractivity contribution in [2.24, 2.45) is 0 Å². The third-order valence-corrected chi connectivity index (χ3v) is 7.36. The van der Waals surface area contributed by atoms with E-state index in [1.165, 1.54) is 12.8 Å². The van der Waals surface area contributed by atoms with Gasteiger partial charge in [-0.25, -0.2) is 0 Å². The van der Waals surface area contributed by atoms with Crippen LogP contribution in [0, 0.1) is 0 Å². The Kier molecular flexibility index (Phi) is 21.3. The minimum atomic E-state index is -1.50. The van der Waals surface area contributed by atoms with Gasteiger partial charge in [0.2, 0.25) is 0 Å². The fourth-order valence-electron chi connectivity index (χ4n) is 4.74. The van der Waals surface area contributed by atoms with Gasteiger partial charge in [0.05, 0.1) is 19.8 Å². The maximum absolute atomic E-state index is 12.8. The molecule has 242 valence electrons. The van der Waals surface area contributed by atoms with Gasteiger partial charge in [-0.1, -0.05) is 90.9 Å². The van der Waals surface area contributed by atoms with Crippen molar-refractivity contribution in [2.45, 2.75) is 159 Å². The standard InChI is InChI=1S/C30H56O11/c1-3-5-7-9-11-13-15-17-25(35)40-28-27(37)24(20-32)39-30(38-21-23(34)22(33)19-31)29(28)41-26(36)18-16-14-12-10-8-6-4-2/h22-24,27-34,37H,3-21H2,1-2H3/t22-,23+,24+,27+,28-,29-,30+/m0/s1. The number of unbranched alkanes of at least 4 members (excludes halogenated alkanes) is 12. The van der Waals surface area contributed by atoms with Crippen LogP contribution in [0.5, 0.6) is 0 Å². The van der Waals surface area contributed by atoms with Crippen LogP contribution in [0.2, 0.25) is 0 Å². The fourth-order valence-corrected chi connectivity index (χ4v) is 4.74. The number of esters is 2. The van der Waals surface area contributed by atoms with E-state index >= 15 is 0 Å². The molecule has 41 heavy (non-hydrogen) atoms. The van der Waals surface area contributed by atoms with E-state index in [2.05, 4.69) is 13.8 Å². The molecule has 0 aromatic heterocycles. The Hall–Kier alpha value is -1.34. The highest BCUT2D eigenvalue weighted by Crippen LogP contribution is 2.28. The van der Waals surface area contributed by atoms with E-state index in [0.717, 1.165) is 64.2 Å². The molecule has 0 aliphatic carbocycles. The number of hydrogen-bond acceptors (Lipinski definition) is 11. The van der Waals surface area contributed by atoms with Gasteiger partial charge >= 0.3 is 11.9 Å². The van der Waals surface area contributed by atoms with Crippen LogP contribution in [0.15, 0.2) is 0 Å². The third-order valence-electron chi connectivity index (χ3n) is 7.36. The zero-order valence-corrected chi connectivity index (χ0v) is 25.2. The lowest BCUT2D eigenvalue weighted by atomic mass is 9.98. The van der Waals surface area contributed by atoms with Crippen molar-refractivity contribution in [2.75, 3.05) is 19.8 Å². The largest absolute Gasteiger partial charge is 0.455 e. The predicted octanol–water partition coefficient (Wildman–Crippen LogP) is 2.90. The molecule has 1 fully saturated rings. The normalized spacial score (nSPS) is 24.1. The summed E-state index contributed by atoms with van der Waals surface area (Å²) >= 11 is 0. The van der Waals surface area contributed by atoms with E-state index in [0.29, 0.717) is 12.8 Å². The second-order valence-corrected chi connectivity index (χ2v) is 11.0. The van der Waals surface area contributed by atoms with Gasteiger partial charge < -0.3 is 44.5 Å². The topological polar surface area (TPSA) is 172 Å². The quantitative estimate of drug-likeness (QED) is 0.0824. The summed E-state index contributed by atoms with van der Waals surface area (Å²) in [6.07, 6.45) is 4.57. The number of ether oxygens (including phenoxy) is 4. The monoisotopic (exact) mass is 592 g/mol. The van der Waals surface area contributed by atoms with E-state index in [9.17, 15) is 30.0 Å². The molecular formula is C30H56O11. The highest BCUT2D eigenvalue weighted by Gasteiger charge is 2.50. The molecule has 1 aliphatic rings. The number of hydrogen-bond donors (Lipinski definition) is 5. The highest BCUT2D eigenvalue weighted by molar-refractivity contribution is 5.70. The average Bonchev–Trinajstić information content (AvgIpc) is 2.96. The van der Waals surface area contributed by atoms with Crippen molar-refractivity contribution >= 4 is 11.9 Å². The summed E-state index contributed by atoms with van der Waals surface area (Å²) in [5, 5.41) is 49.4. The molecule has 0 saturated carbocycles. The van der Waals surface area contributed by atoms with Gasteiger partial charge in [0.15, 0.2) is 18.5 Å². The van der Waals surface area contributed by atoms with Crippen molar-refractivity contribution < 1.29 is 54.1 Å². The number of carbonyl (C=O) groups excluding carboxylic acids is 2.